The lowest BCUT2D eigenvalue weighted by atomic mass is 9.72. The van der Waals surface area contributed by atoms with E-state index in [0.717, 1.165) is 26.0 Å². The second kappa shape index (κ2) is 5.48. The highest BCUT2D eigenvalue weighted by Crippen LogP contribution is 2.40. The van der Waals surface area contributed by atoms with E-state index in [1.165, 1.54) is 38.8 Å². The van der Waals surface area contributed by atoms with Crippen LogP contribution in [0.15, 0.2) is 0 Å². The highest BCUT2D eigenvalue weighted by Gasteiger charge is 2.47. The van der Waals surface area contributed by atoms with E-state index >= 15 is 0 Å². The van der Waals surface area contributed by atoms with Gasteiger partial charge in [-0.2, -0.15) is 0 Å². The Morgan fingerprint density at radius 2 is 1.81 bits per heavy atom. The second-order valence-electron chi connectivity index (χ2n) is 5.32. The van der Waals surface area contributed by atoms with Crippen LogP contribution < -0.4 is 5.73 Å². The molecule has 0 atom stereocenters. The van der Waals surface area contributed by atoms with Crippen LogP contribution in [-0.4, -0.2) is 42.8 Å². The number of rotatable bonds is 4. The molecule has 1 saturated carbocycles. The number of nitrogens with zero attached hydrogens (tertiary/aromatic N) is 1. The van der Waals surface area contributed by atoms with Crippen LogP contribution >= 0.6 is 0 Å². The van der Waals surface area contributed by atoms with Crippen molar-refractivity contribution in [3.05, 3.63) is 0 Å². The zero-order chi connectivity index (χ0) is 11.4. The van der Waals surface area contributed by atoms with Crippen molar-refractivity contribution in [3.63, 3.8) is 0 Å². The SMILES string of the molecule is CCOC1CC(CN)(N2CCCCCC2)C1. The molecule has 94 valence electrons. The van der Waals surface area contributed by atoms with E-state index in [4.69, 9.17) is 10.5 Å². The topological polar surface area (TPSA) is 38.5 Å². The van der Waals surface area contributed by atoms with E-state index in [9.17, 15) is 0 Å². The molecule has 16 heavy (non-hydrogen) atoms. The predicted molar refractivity (Wildman–Crippen MR) is 66.5 cm³/mol. The Morgan fingerprint density at radius 3 is 2.31 bits per heavy atom. The third-order valence-electron chi connectivity index (χ3n) is 4.27. The molecule has 1 heterocycles. The summed E-state index contributed by atoms with van der Waals surface area (Å²) in [5, 5.41) is 0. The van der Waals surface area contributed by atoms with Crippen LogP contribution in [0.5, 0.6) is 0 Å². The van der Waals surface area contributed by atoms with Crippen LogP contribution in [-0.2, 0) is 4.74 Å². The molecular formula is C13H26N2O. The van der Waals surface area contributed by atoms with Gasteiger partial charge in [-0.3, -0.25) is 4.90 Å². The molecule has 1 aliphatic heterocycles. The Kier molecular flexibility index (Phi) is 4.22. The zero-order valence-corrected chi connectivity index (χ0v) is 10.6. The Balaban J connectivity index is 1.89. The van der Waals surface area contributed by atoms with Gasteiger partial charge in [0.05, 0.1) is 6.10 Å². The average molecular weight is 226 g/mol. The number of likely N-dealkylation sites (tertiary alicyclic amines) is 1. The molecule has 1 aliphatic carbocycles. The number of nitrogens with two attached hydrogens (primary N) is 1. The molecule has 2 N–H and O–H groups in total. The smallest absolute Gasteiger partial charge is 0.0611 e. The third-order valence-corrected chi connectivity index (χ3v) is 4.27. The lowest BCUT2D eigenvalue weighted by Crippen LogP contribution is -2.64. The summed E-state index contributed by atoms with van der Waals surface area (Å²) in [7, 11) is 0. The maximum atomic E-state index is 6.01. The van der Waals surface area contributed by atoms with E-state index in [-0.39, 0.29) is 5.54 Å². The van der Waals surface area contributed by atoms with Gasteiger partial charge in [0, 0.05) is 18.7 Å². The van der Waals surface area contributed by atoms with Crippen LogP contribution in [0.2, 0.25) is 0 Å². The summed E-state index contributed by atoms with van der Waals surface area (Å²) >= 11 is 0. The van der Waals surface area contributed by atoms with Gasteiger partial charge in [0.1, 0.15) is 0 Å². The van der Waals surface area contributed by atoms with Crippen LogP contribution in [0, 0.1) is 0 Å². The summed E-state index contributed by atoms with van der Waals surface area (Å²) in [5.41, 5.74) is 6.29. The Morgan fingerprint density at radius 1 is 1.19 bits per heavy atom. The van der Waals surface area contributed by atoms with E-state index in [1.54, 1.807) is 0 Å². The van der Waals surface area contributed by atoms with Crippen molar-refractivity contribution in [2.75, 3.05) is 26.2 Å². The monoisotopic (exact) mass is 226 g/mol. The fraction of sp³-hybridized carbons (Fsp3) is 1.00. The maximum Gasteiger partial charge on any atom is 0.0611 e. The minimum absolute atomic E-state index is 0.282. The first-order chi connectivity index (χ1) is 7.80. The molecule has 0 aromatic carbocycles. The van der Waals surface area contributed by atoms with E-state index in [0.29, 0.717) is 6.10 Å². The minimum atomic E-state index is 0.282. The molecule has 0 radical (unpaired) electrons. The molecule has 3 nitrogen and oxygen atoms in total. The van der Waals surface area contributed by atoms with Crippen molar-refractivity contribution in [1.29, 1.82) is 0 Å². The summed E-state index contributed by atoms with van der Waals surface area (Å²) in [5.74, 6) is 0. The fourth-order valence-electron chi connectivity index (χ4n) is 3.24. The van der Waals surface area contributed by atoms with Gasteiger partial charge in [-0.25, -0.2) is 0 Å². The van der Waals surface area contributed by atoms with Crippen LogP contribution in [0.3, 0.4) is 0 Å². The molecule has 0 bridgehead atoms. The molecule has 3 heteroatoms. The van der Waals surface area contributed by atoms with Crippen molar-refractivity contribution in [2.45, 2.75) is 57.1 Å². The van der Waals surface area contributed by atoms with Gasteiger partial charge < -0.3 is 10.5 Å². The van der Waals surface area contributed by atoms with E-state index in [2.05, 4.69) is 11.8 Å². The van der Waals surface area contributed by atoms with Crippen molar-refractivity contribution in [2.24, 2.45) is 5.73 Å². The minimum Gasteiger partial charge on any atom is -0.378 e. The lowest BCUT2D eigenvalue weighted by Gasteiger charge is -2.53. The van der Waals surface area contributed by atoms with Crippen molar-refractivity contribution in [3.8, 4) is 0 Å². The van der Waals surface area contributed by atoms with Gasteiger partial charge in [-0.1, -0.05) is 12.8 Å². The summed E-state index contributed by atoms with van der Waals surface area (Å²) in [6, 6.07) is 0. The summed E-state index contributed by atoms with van der Waals surface area (Å²) in [6.45, 7) is 6.21. The standard InChI is InChI=1S/C13H26N2O/c1-2-16-12-9-13(10-12,11-14)15-7-5-3-4-6-8-15/h12H,2-11,14H2,1H3. The van der Waals surface area contributed by atoms with Crippen LogP contribution in [0.4, 0.5) is 0 Å². The van der Waals surface area contributed by atoms with E-state index < -0.39 is 0 Å². The largest absolute Gasteiger partial charge is 0.378 e. The number of ether oxygens (including phenoxy) is 1. The summed E-state index contributed by atoms with van der Waals surface area (Å²) in [6.07, 6.45) is 8.26. The van der Waals surface area contributed by atoms with Gasteiger partial charge >= 0.3 is 0 Å². The highest BCUT2D eigenvalue weighted by molar-refractivity contribution is 5.04. The normalized spacial score (nSPS) is 36.8. The van der Waals surface area contributed by atoms with Crippen molar-refractivity contribution < 1.29 is 4.74 Å². The number of hydrogen-bond acceptors (Lipinski definition) is 3. The molecule has 0 aromatic rings. The first-order valence-electron chi connectivity index (χ1n) is 6.87. The van der Waals surface area contributed by atoms with Gasteiger partial charge in [-0.15, -0.1) is 0 Å². The lowest BCUT2D eigenvalue weighted by molar-refractivity contribution is -0.0991. The summed E-state index contributed by atoms with van der Waals surface area (Å²) < 4.78 is 5.67. The molecule has 0 amide bonds. The molecule has 0 unspecified atom stereocenters. The van der Waals surface area contributed by atoms with Gasteiger partial charge in [0.15, 0.2) is 0 Å². The number of hydrogen-bond donors (Lipinski definition) is 1. The zero-order valence-electron chi connectivity index (χ0n) is 10.6. The predicted octanol–water partition coefficient (Wildman–Crippen LogP) is 1.76. The molecule has 2 aliphatic rings. The molecule has 2 fully saturated rings. The van der Waals surface area contributed by atoms with Gasteiger partial charge in [0.25, 0.3) is 0 Å². The van der Waals surface area contributed by atoms with Crippen molar-refractivity contribution >= 4 is 0 Å². The summed E-state index contributed by atoms with van der Waals surface area (Å²) in [4.78, 5) is 2.65. The molecule has 0 spiro atoms. The first-order valence-corrected chi connectivity index (χ1v) is 6.87. The Bertz CT molecular complexity index is 206. The second-order valence-corrected chi connectivity index (χ2v) is 5.32. The average Bonchev–Trinajstić information content (AvgIpc) is 2.51. The molecular weight excluding hydrogens is 200 g/mol. The Labute approximate surface area is 99.3 Å². The first kappa shape index (κ1) is 12.3. The van der Waals surface area contributed by atoms with Crippen molar-refractivity contribution in [1.82, 2.24) is 4.90 Å². The molecule has 2 rings (SSSR count). The van der Waals surface area contributed by atoms with Gasteiger partial charge in [0.2, 0.25) is 0 Å². The molecule has 0 aromatic heterocycles. The molecule has 1 saturated heterocycles. The Hall–Kier alpha value is -0.120. The highest BCUT2D eigenvalue weighted by atomic mass is 16.5. The van der Waals surface area contributed by atoms with Gasteiger partial charge in [-0.05, 0) is 45.7 Å². The van der Waals surface area contributed by atoms with E-state index in [1.807, 2.05) is 0 Å². The maximum absolute atomic E-state index is 6.01. The quantitative estimate of drug-likeness (QED) is 0.794. The van der Waals surface area contributed by atoms with Crippen LogP contribution in [0.25, 0.3) is 0 Å². The fourth-order valence-corrected chi connectivity index (χ4v) is 3.24. The van der Waals surface area contributed by atoms with Crippen LogP contribution in [0.1, 0.15) is 45.4 Å². The third kappa shape index (κ3) is 2.41.